The largest absolute Gasteiger partial charge is 0.451 e. The third-order valence-electron chi connectivity index (χ3n) is 3.58. The van der Waals surface area contributed by atoms with Crippen molar-refractivity contribution >= 4 is 17.6 Å². The predicted molar refractivity (Wildman–Crippen MR) is 79.1 cm³/mol. The SMILES string of the molecule is Cc1cccc(C)c1NC(=O)[C@H](C)OC(=O)[C@H]1CCCO1. The minimum atomic E-state index is -0.847. The van der Waals surface area contributed by atoms with Crippen molar-refractivity contribution in [1.29, 1.82) is 0 Å². The zero-order valence-corrected chi connectivity index (χ0v) is 12.6. The van der Waals surface area contributed by atoms with Crippen LogP contribution in [0.15, 0.2) is 18.2 Å². The van der Waals surface area contributed by atoms with Gasteiger partial charge in [-0.2, -0.15) is 0 Å². The molecule has 1 aromatic carbocycles. The predicted octanol–water partition coefficient (Wildman–Crippen LogP) is 2.35. The normalized spacial score (nSPS) is 19.1. The molecule has 1 aromatic rings. The van der Waals surface area contributed by atoms with Gasteiger partial charge in [-0.1, -0.05) is 18.2 Å². The molecule has 5 heteroatoms. The fourth-order valence-electron chi connectivity index (χ4n) is 2.30. The molecular formula is C16H21NO4. The Morgan fingerprint density at radius 1 is 1.33 bits per heavy atom. The fraction of sp³-hybridized carbons (Fsp3) is 0.500. The topological polar surface area (TPSA) is 64.6 Å². The van der Waals surface area contributed by atoms with E-state index in [0.717, 1.165) is 23.2 Å². The molecule has 21 heavy (non-hydrogen) atoms. The van der Waals surface area contributed by atoms with Crippen molar-refractivity contribution in [2.45, 2.75) is 45.8 Å². The van der Waals surface area contributed by atoms with Crippen molar-refractivity contribution < 1.29 is 19.1 Å². The maximum atomic E-state index is 12.1. The molecule has 1 heterocycles. The zero-order chi connectivity index (χ0) is 15.4. The summed E-state index contributed by atoms with van der Waals surface area (Å²) in [5, 5.41) is 2.82. The van der Waals surface area contributed by atoms with E-state index in [4.69, 9.17) is 9.47 Å². The number of esters is 1. The summed E-state index contributed by atoms with van der Waals surface area (Å²) in [6.07, 6.45) is 0.133. The lowest BCUT2D eigenvalue weighted by atomic mass is 10.1. The summed E-state index contributed by atoms with van der Waals surface area (Å²) in [4.78, 5) is 24.0. The summed E-state index contributed by atoms with van der Waals surface area (Å²) in [7, 11) is 0. The van der Waals surface area contributed by atoms with E-state index >= 15 is 0 Å². The third-order valence-corrected chi connectivity index (χ3v) is 3.58. The number of carbonyl (C=O) groups is 2. The molecule has 1 saturated heterocycles. The fourth-order valence-corrected chi connectivity index (χ4v) is 2.30. The van der Waals surface area contributed by atoms with Gasteiger partial charge in [-0.25, -0.2) is 4.79 Å². The van der Waals surface area contributed by atoms with Gasteiger partial charge in [0.2, 0.25) is 0 Å². The van der Waals surface area contributed by atoms with E-state index < -0.39 is 18.2 Å². The standard InChI is InChI=1S/C16H21NO4/c1-10-6-4-7-11(2)14(10)17-15(18)12(3)21-16(19)13-8-5-9-20-13/h4,6-7,12-13H,5,8-9H2,1-3H3,(H,17,18)/t12-,13+/m0/s1. The highest BCUT2D eigenvalue weighted by atomic mass is 16.6. The third kappa shape index (κ3) is 3.82. The van der Waals surface area contributed by atoms with Gasteiger partial charge in [-0.15, -0.1) is 0 Å². The lowest BCUT2D eigenvalue weighted by molar-refractivity contribution is -0.162. The van der Waals surface area contributed by atoms with Crippen molar-refractivity contribution in [2.75, 3.05) is 11.9 Å². The van der Waals surface area contributed by atoms with Crippen LogP contribution in [0, 0.1) is 13.8 Å². The molecule has 0 aliphatic carbocycles. The lowest BCUT2D eigenvalue weighted by Gasteiger charge is -2.17. The van der Waals surface area contributed by atoms with Crippen molar-refractivity contribution in [3.05, 3.63) is 29.3 Å². The van der Waals surface area contributed by atoms with E-state index in [1.165, 1.54) is 0 Å². The average molecular weight is 291 g/mol. The van der Waals surface area contributed by atoms with Crippen LogP contribution in [0.2, 0.25) is 0 Å². The van der Waals surface area contributed by atoms with Gasteiger partial charge in [0, 0.05) is 12.3 Å². The summed E-state index contributed by atoms with van der Waals surface area (Å²) in [6.45, 7) is 5.98. The second-order valence-corrected chi connectivity index (χ2v) is 5.34. The zero-order valence-electron chi connectivity index (χ0n) is 12.6. The van der Waals surface area contributed by atoms with Crippen molar-refractivity contribution in [3.63, 3.8) is 0 Å². The molecule has 1 aliphatic rings. The number of aryl methyl sites for hydroxylation is 2. The Hall–Kier alpha value is -1.88. The van der Waals surface area contributed by atoms with Crippen LogP contribution in [0.4, 0.5) is 5.69 Å². The van der Waals surface area contributed by atoms with Crippen molar-refractivity contribution in [3.8, 4) is 0 Å². The molecule has 0 saturated carbocycles. The first-order valence-electron chi connectivity index (χ1n) is 7.18. The van der Waals surface area contributed by atoms with E-state index in [1.54, 1.807) is 6.92 Å². The molecule has 1 fully saturated rings. The Balaban J connectivity index is 1.94. The number of rotatable bonds is 4. The summed E-state index contributed by atoms with van der Waals surface area (Å²) in [5.41, 5.74) is 2.71. The van der Waals surface area contributed by atoms with E-state index in [0.29, 0.717) is 13.0 Å². The Kier molecular flexibility index (Phi) is 4.96. The smallest absolute Gasteiger partial charge is 0.336 e. The van der Waals surface area contributed by atoms with Crippen molar-refractivity contribution in [1.82, 2.24) is 0 Å². The summed E-state index contributed by atoms with van der Waals surface area (Å²) >= 11 is 0. The monoisotopic (exact) mass is 291 g/mol. The van der Waals surface area contributed by atoms with Gasteiger partial charge in [0.05, 0.1) is 0 Å². The second-order valence-electron chi connectivity index (χ2n) is 5.34. The number of ether oxygens (including phenoxy) is 2. The molecule has 0 unspecified atom stereocenters. The highest BCUT2D eigenvalue weighted by molar-refractivity contribution is 5.96. The first-order valence-corrected chi connectivity index (χ1v) is 7.18. The summed E-state index contributed by atoms with van der Waals surface area (Å²) < 4.78 is 10.4. The van der Waals surface area contributed by atoms with Crippen molar-refractivity contribution in [2.24, 2.45) is 0 Å². The second kappa shape index (κ2) is 6.72. The molecular weight excluding hydrogens is 270 g/mol. The number of hydrogen-bond acceptors (Lipinski definition) is 4. The van der Waals surface area contributed by atoms with E-state index in [-0.39, 0.29) is 5.91 Å². The quantitative estimate of drug-likeness (QED) is 0.865. The van der Waals surface area contributed by atoms with Crippen LogP contribution in [-0.2, 0) is 19.1 Å². The van der Waals surface area contributed by atoms with Gasteiger partial charge in [-0.05, 0) is 44.7 Å². The van der Waals surface area contributed by atoms with Crippen LogP contribution in [0.1, 0.15) is 30.9 Å². The van der Waals surface area contributed by atoms with E-state index in [9.17, 15) is 9.59 Å². The molecule has 0 bridgehead atoms. The van der Waals surface area contributed by atoms with Gasteiger partial charge >= 0.3 is 5.97 Å². The first kappa shape index (κ1) is 15.5. The highest BCUT2D eigenvalue weighted by Gasteiger charge is 2.28. The minimum Gasteiger partial charge on any atom is -0.451 e. The summed E-state index contributed by atoms with van der Waals surface area (Å²) in [5.74, 6) is -0.796. The van der Waals surface area contributed by atoms with Crippen LogP contribution in [0.25, 0.3) is 0 Å². The Morgan fingerprint density at radius 2 is 2.00 bits per heavy atom. The molecule has 5 nitrogen and oxygen atoms in total. The van der Waals surface area contributed by atoms with Gasteiger partial charge in [0.1, 0.15) is 0 Å². The Bertz CT molecular complexity index is 515. The number of benzene rings is 1. The van der Waals surface area contributed by atoms with Gasteiger partial charge in [0.15, 0.2) is 12.2 Å². The first-order chi connectivity index (χ1) is 9.99. The van der Waals surface area contributed by atoms with Crippen LogP contribution in [0.3, 0.4) is 0 Å². The van der Waals surface area contributed by atoms with Gasteiger partial charge in [0.25, 0.3) is 5.91 Å². The van der Waals surface area contributed by atoms with E-state index in [1.807, 2.05) is 32.0 Å². The molecule has 1 aliphatic heterocycles. The molecule has 2 rings (SSSR count). The molecule has 0 radical (unpaired) electrons. The summed E-state index contributed by atoms with van der Waals surface area (Å²) in [6, 6.07) is 5.78. The number of carbonyl (C=O) groups excluding carboxylic acids is 2. The number of anilines is 1. The molecule has 1 N–H and O–H groups in total. The number of nitrogens with one attached hydrogen (secondary N) is 1. The number of amides is 1. The van der Waals surface area contributed by atoms with Gasteiger partial charge < -0.3 is 14.8 Å². The molecule has 114 valence electrons. The van der Waals surface area contributed by atoms with Gasteiger partial charge in [-0.3, -0.25) is 4.79 Å². The molecule has 1 amide bonds. The highest BCUT2D eigenvalue weighted by Crippen LogP contribution is 2.20. The molecule has 0 spiro atoms. The molecule has 2 atom stereocenters. The number of para-hydroxylation sites is 1. The maximum Gasteiger partial charge on any atom is 0.336 e. The lowest BCUT2D eigenvalue weighted by Crippen LogP contribution is -2.34. The van der Waals surface area contributed by atoms with Crippen LogP contribution in [-0.4, -0.2) is 30.7 Å². The minimum absolute atomic E-state index is 0.334. The van der Waals surface area contributed by atoms with E-state index in [2.05, 4.69) is 5.32 Å². The maximum absolute atomic E-state index is 12.1. The van der Waals surface area contributed by atoms with Crippen LogP contribution < -0.4 is 5.32 Å². The molecule has 0 aromatic heterocycles. The average Bonchev–Trinajstić information content (AvgIpc) is 2.97. The van der Waals surface area contributed by atoms with Crippen LogP contribution >= 0.6 is 0 Å². The Labute approximate surface area is 124 Å². The Morgan fingerprint density at radius 3 is 2.57 bits per heavy atom. The van der Waals surface area contributed by atoms with Crippen LogP contribution in [0.5, 0.6) is 0 Å². The number of hydrogen-bond donors (Lipinski definition) is 1.